The van der Waals surface area contributed by atoms with Crippen LogP contribution in [0.15, 0.2) is 42.5 Å². The highest BCUT2D eigenvalue weighted by molar-refractivity contribution is 5.94. The van der Waals surface area contributed by atoms with Crippen LogP contribution in [0.4, 0.5) is 5.69 Å². The molecule has 3 atom stereocenters. The van der Waals surface area contributed by atoms with E-state index < -0.39 is 5.97 Å². The molecule has 0 bridgehead atoms. The van der Waals surface area contributed by atoms with Gasteiger partial charge in [0.15, 0.2) is 0 Å². The molecule has 3 aromatic rings. The Hall–Kier alpha value is -3.19. The number of aryl methyl sites for hydroxylation is 1. The number of rotatable bonds is 8. The van der Waals surface area contributed by atoms with Crippen LogP contribution in [0.1, 0.15) is 61.8 Å². The number of anilines is 1. The third-order valence-corrected chi connectivity index (χ3v) is 7.15. The van der Waals surface area contributed by atoms with Crippen molar-refractivity contribution < 1.29 is 19.4 Å². The number of aromatic carboxylic acids is 1. The minimum atomic E-state index is -0.936. The van der Waals surface area contributed by atoms with Gasteiger partial charge in [0.25, 0.3) is 0 Å². The number of hydrogen-bond acceptors (Lipinski definition) is 4. The monoisotopic (exact) mass is 477 g/mol. The zero-order chi connectivity index (χ0) is 25.1. The number of nitrogens with zero attached hydrogens (tertiary/aromatic N) is 2. The zero-order valence-corrected chi connectivity index (χ0v) is 21.0. The molecule has 0 radical (unpaired) electrons. The molecule has 1 aromatic heterocycles. The van der Waals surface area contributed by atoms with Gasteiger partial charge in [0, 0.05) is 12.2 Å². The van der Waals surface area contributed by atoms with Crippen molar-refractivity contribution in [3.05, 3.63) is 59.4 Å². The van der Waals surface area contributed by atoms with Gasteiger partial charge in [-0.1, -0.05) is 39.3 Å². The highest BCUT2D eigenvalue weighted by Crippen LogP contribution is 2.35. The molecular weight excluding hydrogens is 442 g/mol. The van der Waals surface area contributed by atoms with Gasteiger partial charge in [-0.3, -0.25) is 4.79 Å². The summed E-state index contributed by atoms with van der Waals surface area (Å²) >= 11 is 0. The number of fused-ring (bicyclic) bond motifs is 1. The zero-order valence-electron chi connectivity index (χ0n) is 21.0. The van der Waals surface area contributed by atoms with Gasteiger partial charge in [-0.25, -0.2) is 9.78 Å². The van der Waals surface area contributed by atoms with E-state index in [0.29, 0.717) is 30.0 Å². The molecule has 1 amide bonds. The number of carbonyl (C=O) groups excluding carboxylic acids is 1. The summed E-state index contributed by atoms with van der Waals surface area (Å²) in [5, 5.41) is 12.1. The van der Waals surface area contributed by atoms with Crippen LogP contribution in [0, 0.1) is 24.7 Å². The van der Waals surface area contributed by atoms with Crippen molar-refractivity contribution in [3.8, 4) is 0 Å². The number of ether oxygens (including phenoxy) is 1. The third kappa shape index (κ3) is 5.90. The average molecular weight is 478 g/mol. The number of benzene rings is 2. The van der Waals surface area contributed by atoms with E-state index in [0.717, 1.165) is 35.3 Å². The number of aromatic nitrogens is 2. The van der Waals surface area contributed by atoms with Crippen LogP contribution in [0.2, 0.25) is 0 Å². The summed E-state index contributed by atoms with van der Waals surface area (Å²) in [6, 6.07) is 12.6. The van der Waals surface area contributed by atoms with Crippen LogP contribution < -0.4 is 5.32 Å². The lowest BCUT2D eigenvalue weighted by atomic mass is 9.75. The minimum Gasteiger partial charge on any atom is -0.478 e. The molecule has 4 rings (SSSR count). The number of carboxylic acid groups (broad SMARTS) is 1. The Morgan fingerprint density at radius 3 is 2.60 bits per heavy atom. The van der Waals surface area contributed by atoms with Gasteiger partial charge in [-0.2, -0.15) is 0 Å². The first kappa shape index (κ1) is 24.9. The van der Waals surface area contributed by atoms with Gasteiger partial charge < -0.3 is 19.7 Å². The fourth-order valence-corrected chi connectivity index (χ4v) is 5.15. The first-order valence-corrected chi connectivity index (χ1v) is 12.4. The normalized spacial score (nSPS) is 20.3. The van der Waals surface area contributed by atoms with Crippen molar-refractivity contribution >= 4 is 28.6 Å². The molecule has 3 unspecified atom stereocenters. The number of carboxylic acids is 1. The molecule has 1 heterocycles. The van der Waals surface area contributed by atoms with E-state index in [1.807, 2.05) is 37.3 Å². The van der Waals surface area contributed by atoms with E-state index in [9.17, 15) is 9.59 Å². The summed E-state index contributed by atoms with van der Waals surface area (Å²) in [7, 11) is 0. The predicted octanol–water partition coefficient (Wildman–Crippen LogP) is 5.51. The van der Waals surface area contributed by atoms with Crippen LogP contribution >= 0.6 is 0 Å². The molecule has 186 valence electrons. The Kier molecular flexibility index (Phi) is 7.55. The fraction of sp³-hybridized carbons (Fsp3) is 0.464. The fourth-order valence-electron chi connectivity index (χ4n) is 5.15. The standard InChI is InChI=1S/C28H35N3O4/c1-17(2)23-11-5-18(3)13-26(23)35-16-27(32)30-22-10-12-25-24(14-22)29-19(4)31(25)15-20-6-8-21(9-7-20)28(33)34/h6-10,12,14,17-18,23,26H,5,11,13,15-16H2,1-4H3,(H,30,32)(H,33,34). The summed E-state index contributed by atoms with van der Waals surface area (Å²) in [5.41, 5.74) is 3.70. The molecule has 1 saturated carbocycles. The maximum atomic E-state index is 12.6. The topological polar surface area (TPSA) is 93.5 Å². The number of imidazole rings is 1. The Balaban J connectivity index is 1.40. The van der Waals surface area contributed by atoms with E-state index in [2.05, 4.69) is 35.6 Å². The maximum Gasteiger partial charge on any atom is 0.335 e. The molecule has 1 aliphatic rings. The molecule has 2 aromatic carbocycles. The van der Waals surface area contributed by atoms with Gasteiger partial charge in [0.05, 0.1) is 22.7 Å². The van der Waals surface area contributed by atoms with E-state index in [1.165, 1.54) is 6.42 Å². The molecule has 1 fully saturated rings. The molecule has 0 spiro atoms. The van der Waals surface area contributed by atoms with Gasteiger partial charge >= 0.3 is 5.97 Å². The Labute approximate surface area is 206 Å². The molecule has 7 heteroatoms. The largest absolute Gasteiger partial charge is 0.478 e. The lowest BCUT2D eigenvalue weighted by Crippen LogP contribution is -2.36. The lowest BCUT2D eigenvalue weighted by molar-refractivity contribution is -0.126. The third-order valence-electron chi connectivity index (χ3n) is 7.15. The second-order valence-electron chi connectivity index (χ2n) is 10.2. The SMILES string of the molecule is Cc1nc2cc(NC(=O)COC3CC(C)CCC3C(C)C)ccc2n1Cc1ccc(C(=O)O)cc1. The molecular formula is C28H35N3O4. The van der Waals surface area contributed by atoms with Crippen LogP contribution in [0.25, 0.3) is 11.0 Å². The summed E-state index contributed by atoms with van der Waals surface area (Å²) in [6.07, 6.45) is 3.54. The van der Waals surface area contributed by atoms with Gasteiger partial charge in [-0.05, 0) is 73.4 Å². The molecule has 35 heavy (non-hydrogen) atoms. The van der Waals surface area contributed by atoms with Crippen molar-refractivity contribution in [2.75, 3.05) is 11.9 Å². The predicted molar refractivity (Wildman–Crippen MR) is 137 cm³/mol. The van der Waals surface area contributed by atoms with Crippen LogP contribution in [0.5, 0.6) is 0 Å². The van der Waals surface area contributed by atoms with Crippen molar-refractivity contribution in [2.24, 2.45) is 17.8 Å². The quantitative estimate of drug-likeness (QED) is 0.446. The molecule has 1 aliphatic carbocycles. The number of hydrogen-bond donors (Lipinski definition) is 2. The summed E-state index contributed by atoms with van der Waals surface area (Å²) in [6.45, 7) is 9.30. The minimum absolute atomic E-state index is 0.0540. The van der Waals surface area contributed by atoms with E-state index in [1.54, 1.807) is 12.1 Å². The van der Waals surface area contributed by atoms with Crippen LogP contribution in [-0.4, -0.2) is 39.2 Å². The van der Waals surface area contributed by atoms with E-state index >= 15 is 0 Å². The number of carbonyl (C=O) groups is 2. The first-order valence-electron chi connectivity index (χ1n) is 12.4. The highest BCUT2D eigenvalue weighted by atomic mass is 16.5. The van der Waals surface area contributed by atoms with Gasteiger partial charge in [0.2, 0.25) is 5.91 Å². The smallest absolute Gasteiger partial charge is 0.335 e. The average Bonchev–Trinajstić information content (AvgIpc) is 3.12. The lowest BCUT2D eigenvalue weighted by Gasteiger charge is -2.37. The second kappa shape index (κ2) is 10.6. The van der Waals surface area contributed by atoms with Crippen molar-refractivity contribution in [2.45, 2.75) is 59.6 Å². The van der Waals surface area contributed by atoms with E-state index in [-0.39, 0.29) is 24.2 Å². The Morgan fingerprint density at radius 2 is 1.91 bits per heavy atom. The summed E-state index contributed by atoms with van der Waals surface area (Å²) in [4.78, 5) is 28.4. The second-order valence-corrected chi connectivity index (χ2v) is 10.2. The van der Waals surface area contributed by atoms with Crippen molar-refractivity contribution in [1.82, 2.24) is 9.55 Å². The van der Waals surface area contributed by atoms with Crippen molar-refractivity contribution in [1.29, 1.82) is 0 Å². The highest BCUT2D eigenvalue weighted by Gasteiger charge is 2.31. The van der Waals surface area contributed by atoms with Gasteiger partial charge in [-0.15, -0.1) is 0 Å². The van der Waals surface area contributed by atoms with Crippen molar-refractivity contribution in [3.63, 3.8) is 0 Å². The summed E-state index contributed by atoms with van der Waals surface area (Å²) in [5.74, 6) is 1.44. The molecule has 7 nitrogen and oxygen atoms in total. The van der Waals surface area contributed by atoms with Crippen LogP contribution in [0.3, 0.4) is 0 Å². The van der Waals surface area contributed by atoms with E-state index in [4.69, 9.17) is 9.84 Å². The Morgan fingerprint density at radius 1 is 1.17 bits per heavy atom. The molecule has 2 N–H and O–H groups in total. The molecule has 0 saturated heterocycles. The summed E-state index contributed by atoms with van der Waals surface area (Å²) < 4.78 is 8.17. The Bertz CT molecular complexity index is 1200. The molecule has 0 aliphatic heterocycles. The number of amides is 1. The van der Waals surface area contributed by atoms with Crippen LogP contribution in [-0.2, 0) is 16.1 Å². The maximum absolute atomic E-state index is 12.6. The number of nitrogens with one attached hydrogen (secondary N) is 1. The van der Waals surface area contributed by atoms with Gasteiger partial charge in [0.1, 0.15) is 12.4 Å². The first-order chi connectivity index (χ1) is 16.7.